The van der Waals surface area contributed by atoms with E-state index in [1.54, 1.807) is 25.1 Å². The first-order valence-corrected chi connectivity index (χ1v) is 6.61. The summed E-state index contributed by atoms with van der Waals surface area (Å²) in [7, 11) is 0. The highest BCUT2D eigenvalue weighted by Gasteiger charge is 2.08. The molecule has 17 heavy (non-hydrogen) atoms. The first-order chi connectivity index (χ1) is 8.02. The van der Waals surface area contributed by atoms with Gasteiger partial charge in [0.1, 0.15) is 4.32 Å². The van der Waals surface area contributed by atoms with Crippen LogP contribution >= 0.6 is 47.2 Å². The van der Waals surface area contributed by atoms with Gasteiger partial charge < -0.3 is 10.1 Å². The van der Waals surface area contributed by atoms with Crippen LogP contribution in [0.15, 0.2) is 18.2 Å². The standard InChI is InChI=1S/C10H9Cl2NO2S2/c1-2-15-10(14)17-9(16)13-6-3-4-7(11)8(12)5-6/h3-5H,2H2,1H3,(H,13,16). The van der Waals surface area contributed by atoms with E-state index in [1.807, 2.05) is 0 Å². The van der Waals surface area contributed by atoms with Crippen LogP contribution in [-0.2, 0) is 4.74 Å². The topological polar surface area (TPSA) is 38.3 Å². The summed E-state index contributed by atoms with van der Waals surface area (Å²) in [5, 5.41) is 3.29. The second-order valence-corrected chi connectivity index (χ2v) is 5.25. The molecule has 0 fully saturated rings. The van der Waals surface area contributed by atoms with Crippen molar-refractivity contribution in [1.82, 2.24) is 0 Å². The third-order valence-electron chi connectivity index (χ3n) is 1.60. The third-order valence-corrected chi connectivity index (χ3v) is 3.27. The Bertz CT molecular complexity index is 440. The molecule has 0 radical (unpaired) electrons. The zero-order chi connectivity index (χ0) is 12.8. The Kier molecular flexibility index (Phi) is 6.05. The molecule has 1 aromatic carbocycles. The smallest absolute Gasteiger partial charge is 0.374 e. The molecule has 0 amide bonds. The number of hydrogen-bond donors (Lipinski definition) is 1. The average molecular weight is 310 g/mol. The largest absolute Gasteiger partial charge is 0.458 e. The average Bonchev–Trinajstić information content (AvgIpc) is 2.23. The van der Waals surface area contributed by atoms with Gasteiger partial charge in [0.15, 0.2) is 0 Å². The first kappa shape index (κ1) is 14.6. The molecule has 1 N–H and O–H groups in total. The Balaban J connectivity index is 2.56. The predicted octanol–water partition coefficient (Wildman–Crippen LogP) is 4.58. The number of thioether (sulfide) groups is 1. The van der Waals surface area contributed by atoms with Gasteiger partial charge in [-0.1, -0.05) is 35.4 Å². The molecule has 0 aromatic heterocycles. The number of nitrogens with one attached hydrogen (secondary N) is 1. The lowest BCUT2D eigenvalue weighted by molar-refractivity contribution is 0.182. The molecule has 0 aliphatic carbocycles. The van der Waals surface area contributed by atoms with Crippen molar-refractivity contribution in [3.8, 4) is 0 Å². The summed E-state index contributed by atoms with van der Waals surface area (Å²) < 4.78 is 5.04. The van der Waals surface area contributed by atoms with Gasteiger partial charge in [0, 0.05) is 17.4 Å². The van der Waals surface area contributed by atoms with Crippen LogP contribution in [0.2, 0.25) is 10.0 Å². The lowest BCUT2D eigenvalue weighted by Gasteiger charge is -2.07. The van der Waals surface area contributed by atoms with Crippen molar-refractivity contribution in [3.63, 3.8) is 0 Å². The van der Waals surface area contributed by atoms with Crippen LogP contribution in [0.25, 0.3) is 0 Å². The minimum atomic E-state index is -0.440. The third kappa shape index (κ3) is 5.12. The van der Waals surface area contributed by atoms with E-state index in [0.717, 1.165) is 11.8 Å². The van der Waals surface area contributed by atoms with Crippen molar-refractivity contribution in [2.24, 2.45) is 0 Å². The number of thiocarbonyl (C=S) groups is 1. The summed E-state index contributed by atoms with van der Waals surface area (Å²) in [5.74, 6) is 0. The van der Waals surface area contributed by atoms with Crippen LogP contribution in [0.1, 0.15) is 6.92 Å². The van der Waals surface area contributed by atoms with E-state index >= 15 is 0 Å². The molecule has 92 valence electrons. The molecule has 0 spiro atoms. The fourth-order valence-electron chi connectivity index (χ4n) is 0.940. The molecular formula is C10H9Cl2NO2S2. The Morgan fingerprint density at radius 3 is 2.76 bits per heavy atom. The maximum atomic E-state index is 11.1. The number of anilines is 1. The summed E-state index contributed by atoms with van der Waals surface area (Å²) in [5.41, 5.74) is 0.668. The van der Waals surface area contributed by atoms with Crippen LogP contribution < -0.4 is 5.32 Å². The minimum absolute atomic E-state index is 0.293. The molecule has 0 aliphatic heterocycles. The number of rotatable bonds is 2. The van der Waals surface area contributed by atoms with Gasteiger partial charge in [-0.3, -0.25) is 0 Å². The fraction of sp³-hybridized carbons (Fsp3) is 0.200. The molecule has 0 atom stereocenters. The van der Waals surface area contributed by atoms with Crippen molar-refractivity contribution in [1.29, 1.82) is 0 Å². The quantitative estimate of drug-likeness (QED) is 0.639. The summed E-state index contributed by atoms with van der Waals surface area (Å²) in [6, 6.07) is 4.98. The van der Waals surface area contributed by atoms with Gasteiger partial charge in [-0.2, -0.15) is 0 Å². The zero-order valence-corrected chi connectivity index (χ0v) is 12.0. The lowest BCUT2D eigenvalue weighted by atomic mass is 10.3. The monoisotopic (exact) mass is 309 g/mol. The van der Waals surface area contributed by atoms with Crippen molar-refractivity contribution in [2.75, 3.05) is 11.9 Å². The SMILES string of the molecule is CCOC(=O)SC(=S)Nc1ccc(Cl)c(Cl)c1. The second kappa shape index (κ2) is 7.06. The van der Waals surface area contributed by atoms with Crippen LogP contribution in [0.5, 0.6) is 0 Å². The van der Waals surface area contributed by atoms with Crippen molar-refractivity contribution in [2.45, 2.75) is 6.92 Å². The molecule has 1 rings (SSSR count). The maximum Gasteiger partial charge on any atom is 0.374 e. The van der Waals surface area contributed by atoms with Gasteiger partial charge in [0.25, 0.3) is 0 Å². The van der Waals surface area contributed by atoms with Crippen molar-refractivity contribution < 1.29 is 9.53 Å². The summed E-state index contributed by atoms with van der Waals surface area (Å²) in [4.78, 5) is 11.1. The molecule has 0 saturated carbocycles. The van der Waals surface area contributed by atoms with Crippen molar-refractivity contribution in [3.05, 3.63) is 28.2 Å². The molecule has 3 nitrogen and oxygen atoms in total. The van der Waals surface area contributed by atoms with Gasteiger partial charge in [-0.25, -0.2) is 4.79 Å². The number of carbonyl (C=O) groups excluding carboxylic acids is 1. The number of carbonyl (C=O) groups is 1. The van der Waals surface area contributed by atoms with Crippen LogP contribution in [0, 0.1) is 0 Å². The van der Waals surface area contributed by atoms with Crippen LogP contribution in [0.4, 0.5) is 10.5 Å². The Hall–Kier alpha value is -0.490. The molecule has 0 aliphatic rings. The normalized spacial score (nSPS) is 9.82. The molecular weight excluding hydrogens is 301 g/mol. The van der Waals surface area contributed by atoms with Crippen LogP contribution in [0.3, 0.4) is 0 Å². The Morgan fingerprint density at radius 2 is 2.18 bits per heavy atom. The van der Waals surface area contributed by atoms with E-state index in [1.165, 1.54) is 0 Å². The van der Waals surface area contributed by atoms with E-state index in [0.29, 0.717) is 26.7 Å². The minimum Gasteiger partial charge on any atom is -0.458 e. The number of benzene rings is 1. The Morgan fingerprint density at radius 1 is 1.47 bits per heavy atom. The molecule has 0 saturated heterocycles. The van der Waals surface area contributed by atoms with Crippen molar-refractivity contribution >= 4 is 62.5 Å². The van der Waals surface area contributed by atoms with E-state index in [9.17, 15) is 4.79 Å². The number of hydrogen-bond acceptors (Lipinski definition) is 4. The number of ether oxygens (including phenoxy) is 1. The van der Waals surface area contributed by atoms with Gasteiger partial charge in [0.05, 0.1) is 16.7 Å². The van der Waals surface area contributed by atoms with Gasteiger partial charge in [-0.05, 0) is 25.1 Å². The Labute approximate surface area is 119 Å². The zero-order valence-electron chi connectivity index (χ0n) is 8.83. The van der Waals surface area contributed by atoms with E-state index in [-0.39, 0.29) is 0 Å². The second-order valence-electron chi connectivity index (χ2n) is 2.83. The highest BCUT2D eigenvalue weighted by molar-refractivity contribution is 8.32. The molecule has 0 heterocycles. The van der Waals surface area contributed by atoms with Gasteiger partial charge >= 0.3 is 5.30 Å². The maximum absolute atomic E-state index is 11.1. The highest BCUT2D eigenvalue weighted by atomic mass is 35.5. The lowest BCUT2D eigenvalue weighted by Crippen LogP contribution is -2.09. The van der Waals surface area contributed by atoms with E-state index in [4.69, 9.17) is 40.2 Å². The molecule has 0 unspecified atom stereocenters. The van der Waals surface area contributed by atoms with Crippen LogP contribution in [-0.4, -0.2) is 16.2 Å². The first-order valence-electron chi connectivity index (χ1n) is 4.63. The van der Waals surface area contributed by atoms with Gasteiger partial charge in [0.2, 0.25) is 0 Å². The number of halogens is 2. The van der Waals surface area contributed by atoms with E-state index in [2.05, 4.69) is 5.32 Å². The fourth-order valence-corrected chi connectivity index (χ4v) is 2.06. The molecule has 1 aromatic rings. The summed E-state index contributed by atoms with van der Waals surface area (Å²) in [6.45, 7) is 2.05. The molecule has 7 heteroatoms. The van der Waals surface area contributed by atoms with Gasteiger partial charge in [-0.15, -0.1) is 0 Å². The highest BCUT2D eigenvalue weighted by Crippen LogP contribution is 2.25. The molecule has 0 bridgehead atoms. The summed E-state index contributed by atoms with van der Waals surface area (Å²) >= 11 is 17.4. The van der Waals surface area contributed by atoms with E-state index < -0.39 is 5.30 Å². The summed E-state index contributed by atoms with van der Waals surface area (Å²) in [6.07, 6.45) is 0. The predicted molar refractivity (Wildman–Crippen MR) is 77.3 cm³/mol.